The molecule has 1 unspecified atom stereocenters. The molecule has 0 spiro atoms. The third kappa shape index (κ3) is 1.76. The second-order valence-corrected chi connectivity index (χ2v) is 5.22. The van der Waals surface area contributed by atoms with Gasteiger partial charge in [0.2, 0.25) is 0 Å². The molecule has 3 nitrogen and oxygen atoms in total. The van der Waals surface area contributed by atoms with Crippen LogP contribution in [0.3, 0.4) is 0 Å². The van der Waals surface area contributed by atoms with E-state index in [-0.39, 0.29) is 0 Å². The number of nitrogens with one attached hydrogen (secondary N) is 1. The Hall–Kier alpha value is -0.870. The van der Waals surface area contributed by atoms with Crippen LogP contribution in [0.4, 0.5) is 0 Å². The van der Waals surface area contributed by atoms with E-state index in [1.807, 2.05) is 6.20 Å². The summed E-state index contributed by atoms with van der Waals surface area (Å²) in [5, 5.41) is 3.44. The maximum atomic E-state index is 4.56. The molecule has 0 amide bonds. The highest BCUT2D eigenvalue weighted by atomic mass is 79.9. The first-order valence-corrected chi connectivity index (χ1v) is 6.47. The van der Waals surface area contributed by atoms with Gasteiger partial charge in [0.05, 0.1) is 11.7 Å². The molecule has 1 atom stereocenters. The maximum Gasteiger partial charge on any atom is 0.117 e. The number of rotatable bonds is 1. The van der Waals surface area contributed by atoms with Gasteiger partial charge >= 0.3 is 0 Å². The summed E-state index contributed by atoms with van der Waals surface area (Å²) in [4.78, 5) is 4.56. The molecule has 0 saturated carbocycles. The third-order valence-corrected chi connectivity index (χ3v) is 3.68. The van der Waals surface area contributed by atoms with Crippen molar-refractivity contribution in [3.05, 3.63) is 34.8 Å². The van der Waals surface area contributed by atoms with Crippen molar-refractivity contribution in [1.82, 2.24) is 14.7 Å². The molecule has 1 aliphatic rings. The van der Waals surface area contributed by atoms with Crippen molar-refractivity contribution in [2.45, 2.75) is 18.8 Å². The van der Waals surface area contributed by atoms with E-state index in [2.05, 4.69) is 49.0 Å². The maximum absolute atomic E-state index is 4.56. The molecule has 0 radical (unpaired) electrons. The number of fused-ring (bicyclic) bond motifs is 1. The summed E-state index contributed by atoms with van der Waals surface area (Å²) in [6.45, 7) is 2.19. The topological polar surface area (TPSA) is 29.3 Å². The van der Waals surface area contributed by atoms with Gasteiger partial charge in [-0.25, -0.2) is 4.98 Å². The minimum absolute atomic E-state index is 0.553. The Labute approximate surface area is 103 Å². The summed E-state index contributed by atoms with van der Waals surface area (Å²) in [6, 6.07) is 4.17. The number of imidazole rings is 1. The van der Waals surface area contributed by atoms with Crippen LogP contribution in [0.5, 0.6) is 0 Å². The summed E-state index contributed by atoms with van der Waals surface area (Å²) in [5.74, 6) is 1.74. The molecule has 84 valence electrons. The number of piperidine rings is 1. The minimum atomic E-state index is 0.553. The van der Waals surface area contributed by atoms with Gasteiger partial charge in [-0.05, 0) is 31.5 Å². The predicted octanol–water partition coefficient (Wildman–Crippen LogP) is 2.56. The summed E-state index contributed by atoms with van der Waals surface area (Å²) in [5.41, 5.74) is 1.16. The molecule has 1 saturated heterocycles. The number of hydrogen-bond acceptors (Lipinski definition) is 2. The number of aromatic nitrogens is 2. The van der Waals surface area contributed by atoms with Crippen LogP contribution in [-0.4, -0.2) is 22.5 Å². The lowest BCUT2D eigenvalue weighted by Gasteiger charge is -2.21. The van der Waals surface area contributed by atoms with Crippen LogP contribution in [0.25, 0.3) is 5.52 Å². The lowest BCUT2D eigenvalue weighted by atomic mass is 9.99. The average molecular weight is 280 g/mol. The Morgan fingerprint density at radius 2 is 2.44 bits per heavy atom. The fourth-order valence-corrected chi connectivity index (χ4v) is 2.72. The summed E-state index contributed by atoms with van der Waals surface area (Å²) < 4.78 is 3.30. The molecular formula is C12H14BrN3. The van der Waals surface area contributed by atoms with E-state index >= 15 is 0 Å². The van der Waals surface area contributed by atoms with Crippen LogP contribution in [0.1, 0.15) is 24.6 Å². The third-order valence-electron chi connectivity index (χ3n) is 3.18. The van der Waals surface area contributed by atoms with Crippen LogP contribution in [0, 0.1) is 0 Å². The van der Waals surface area contributed by atoms with Crippen LogP contribution in [0.15, 0.2) is 29.0 Å². The zero-order valence-electron chi connectivity index (χ0n) is 8.99. The highest BCUT2D eigenvalue weighted by molar-refractivity contribution is 9.10. The van der Waals surface area contributed by atoms with E-state index < -0.39 is 0 Å². The number of nitrogens with zero attached hydrogens (tertiary/aromatic N) is 2. The van der Waals surface area contributed by atoms with Crippen molar-refractivity contribution in [2.24, 2.45) is 0 Å². The average Bonchev–Trinajstić information content (AvgIpc) is 2.73. The molecule has 3 heterocycles. The molecule has 0 bridgehead atoms. The summed E-state index contributed by atoms with van der Waals surface area (Å²) in [7, 11) is 0. The Morgan fingerprint density at radius 1 is 1.50 bits per heavy atom. The molecule has 16 heavy (non-hydrogen) atoms. The molecular weight excluding hydrogens is 266 g/mol. The Bertz CT molecular complexity index is 500. The molecule has 1 fully saturated rings. The van der Waals surface area contributed by atoms with Gasteiger partial charge in [-0.15, -0.1) is 0 Å². The highest BCUT2D eigenvalue weighted by Gasteiger charge is 2.19. The van der Waals surface area contributed by atoms with Gasteiger partial charge in [0.25, 0.3) is 0 Å². The molecule has 3 rings (SSSR count). The lowest BCUT2D eigenvalue weighted by molar-refractivity contribution is 0.445. The Kier molecular flexibility index (Phi) is 2.69. The zero-order valence-corrected chi connectivity index (χ0v) is 10.6. The predicted molar refractivity (Wildman–Crippen MR) is 67.7 cm³/mol. The van der Waals surface area contributed by atoms with E-state index in [0.29, 0.717) is 5.92 Å². The molecule has 0 aliphatic carbocycles. The van der Waals surface area contributed by atoms with Gasteiger partial charge in [0.1, 0.15) is 5.82 Å². The van der Waals surface area contributed by atoms with E-state index in [1.54, 1.807) is 0 Å². The van der Waals surface area contributed by atoms with Crippen molar-refractivity contribution < 1.29 is 0 Å². The standard InChI is InChI=1S/C12H14BrN3/c13-10-3-5-16-11(6-10)8-15-12(16)9-2-1-4-14-7-9/h3,5-6,8-9,14H,1-2,4,7H2. The van der Waals surface area contributed by atoms with Gasteiger partial charge < -0.3 is 9.72 Å². The number of pyridine rings is 1. The first-order valence-electron chi connectivity index (χ1n) is 5.68. The van der Waals surface area contributed by atoms with Gasteiger partial charge in [0, 0.05) is 23.1 Å². The normalized spacial score (nSPS) is 21.4. The SMILES string of the molecule is Brc1ccn2c(C3CCCNC3)ncc2c1. The molecule has 4 heteroatoms. The molecule has 2 aromatic heterocycles. The Balaban J connectivity index is 2.03. The van der Waals surface area contributed by atoms with Gasteiger partial charge in [-0.2, -0.15) is 0 Å². The molecule has 1 N–H and O–H groups in total. The van der Waals surface area contributed by atoms with E-state index in [0.717, 1.165) is 23.1 Å². The fourth-order valence-electron chi connectivity index (χ4n) is 2.37. The van der Waals surface area contributed by atoms with Crippen LogP contribution >= 0.6 is 15.9 Å². The van der Waals surface area contributed by atoms with Crippen LogP contribution in [0.2, 0.25) is 0 Å². The van der Waals surface area contributed by atoms with Crippen LogP contribution < -0.4 is 5.32 Å². The van der Waals surface area contributed by atoms with Crippen molar-refractivity contribution >= 4 is 21.4 Å². The molecule has 2 aromatic rings. The van der Waals surface area contributed by atoms with Gasteiger partial charge in [-0.3, -0.25) is 0 Å². The first kappa shape index (κ1) is 10.3. The van der Waals surface area contributed by atoms with E-state index in [1.165, 1.54) is 18.7 Å². The highest BCUT2D eigenvalue weighted by Crippen LogP contribution is 2.24. The van der Waals surface area contributed by atoms with E-state index in [4.69, 9.17) is 0 Å². The number of hydrogen-bond donors (Lipinski definition) is 1. The molecule has 0 aromatic carbocycles. The van der Waals surface area contributed by atoms with Crippen molar-refractivity contribution in [1.29, 1.82) is 0 Å². The fraction of sp³-hybridized carbons (Fsp3) is 0.417. The Morgan fingerprint density at radius 3 is 3.25 bits per heavy atom. The summed E-state index contributed by atoms with van der Waals surface area (Å²) in [6.07, 6.45) is 6.53. The van der Waals surface area contributed by atoms with Crippen molar-refractivity contribution in [3.8, 4) is 0 Å². The first-order chi connectivity index (χ1) is 7.84. The van der Waals surface area contributed by atoms with Gasteiger partial charge in [-0.1, -0.05) is 15.9 Å². The largest absolute Gasteiger partial charge is 0.316 e. The quantitative estimate of drug-likeness (QED) is 0.870. The second-order valence-electron chi connectivity index (χ2n) is 4.30. The summed E-state index contributed by atoms with van der Waals surface area (Å²) >= 11 is 3.48. The zero-order chi connectivity index (χ0) is 11.0. The smallest absolute Gasteiger partial charge is 0.117 e. The minimum Gasteiger partial charge on any atom is -0.316 e. The van der Waals surface area contributed by atoms with Crippen molar-refractivity contribution in [2.75, 3.05) is 13.1 Å². The second kappa shape index (κ2) is 4.18. The van der Waals surface area contributed by atoms with Crippen LogP contribution in [-0.2, 0) is 0 Å². The lowest BCUT2D eigenvalue weighted by Crippen LogP contribution is -2.29. The van der Waals surface area contributed by atoms with Crippen molar-refractivity contribution in [3.63, 3.8) is 0 Å². The van der Waals surface area contributed by atoms with Gasteiger partial charge in [0.15, 0.2) is 0 Å². The monoisotopic (exact) mass is 279 g/mol. The van der Waals surface area contributed by atoms with E-state index in [9.17, 15) is 0 Å². The molecule has 1 aliphatic heterocycles. The number of halogens is 1.